The zero-order chi connectivity index (χ0) is 15.5. The SMILES string of the molecule is CC(=O)c1cccc(S(=O)(=O)Nc2ccc(C#N)cn2)c1. The Labute approximate surface area is 122 Å². The van der Waals surface area contributed by atoms with Gasteiger partial charge in [-0.2, -0.15) is 5.26 Å². The van der Waals surface area contributed by atoms with Crippen LogP contribution in [0.25, 0.3) is 0 Å². The van der Waals surface area contributed by atoms with E-state index in [2.05, 4.69) is 9.71 Å². The van der Waals surface area contributed by atoms with Crippen molar-refractivity contribution in [1.29, 1.82) is 5.26 Å². The molecular weight excluding hydrogens is 290 g/mol. The fourth-order valence-electron chi connectivity index (χ4n) is 1.60. The summed E-state index contributed by atoms with van der Waals surface area (Å²) in [5, 5.41) is 8.66. The van der Waals surface area contributed by atoms with Gasteiger partial charge in [-0.25, -0.2) is 13.4 Å². The summed E-state index contributed by atoms with van der Waals surface area (Å²) in [4.78, 5) is 15.1. The van der Waals surface area contributed by atoms with Gasteiger partial charge in [-0.1, -0.05) is 12.1 Å². The lowest BCUT2D eigenvalue weighted by Crippen LogP contribution is -2.14. The Morgan fingerprint density at radius 1 is 1.29 bits per heavy atom. The van der Waals surface area contributed by atoms with Crippen molar-refractivity contribution in [2.75, 3.05) is 4.72 Å². The average Bonchev–Trinajstić information content (AvgIpc) is 2.48. The van der Waals surface area contributed by atoms with Crippen molar-refractivity contribution >= 4 is 21.6 Å². The zero-order valence-corrected chi connectivity index (χ0v) is 11.9. The highest BCUT2D eigenvalue weighted by molar-refractivity contribution is 7.92. The van der Waals surface area contributed by atoms with Crippen LogP contribution in [-0.4, -0.2) is 19.2 Å². The molecule has 106 valence electrons. The third-order valence-corrected chi connectivity index (χ3v) is 4.03. The number of benzene rings is 1. The minimum atomic E-state index is -3.84. The second-order valence-electron chi connectivity index (χ2n) is 4.23. The average molecular weight is 301 g/mol. The Bertz CT molecular complexity index is 821. The molecule has 0 saturated carbocycles. The highest BCUT2D eigenvalue weighted by Crippen LogP contribution is 2.16. The van der Waals surface area contributed by atoms with E-state index in [4.69, 9.17) is 5.26 Å². The molecule has 0 aliphatic rings. The van der Waals surface area contributed by atoms with Gasteiger partial charge in [0.25, 0.3) is 10.0 Å². The summed E-state index contributed by atoms with van der Waals surface area (Å²) in [6.07, 6.45) is 1.27. The van der Waals surface area contributed by atoms with Crippen LogP contribution in [0.3, 0.4) is 0 Å². The summed E-state index contributed by atoms with van der Waals surface area (Å²) in [5.74, 6) is -0.120. The number of nitrogens with one attached hydrogen (secondary N) is 1. The summed E-state index contributed by atoms with van der Waals surface area (Å²) in [6, 6.07) is 10.5. The number of carbonyl (C=O) groups is 1. The van der Waals surface area contributed by atoms with Crippen LogP contribution < -0.4 is 4.72 Å². The molecule has 0 aliphatic carbocycles. The minimum absolute atomic E-state index is 0.0265. The maximum atomic E-state index is 12.2. The second kappa shape index (κ2) is 5.73. The van der Waals surface area contributed by atoms with Crippen LogP contribution in [0, 0.1) is 11.3 Å². The Morgan fingerprint density at radius 2 is 2.05 bits per heavy atom. The number of Topliss-reactive ketones (excluding diaryl/α,β-unsaturated/α-hetero) is 1. The van der Waals surface area contributed by atoms with E-state index in [1.807, 2.05) is 6.07 Å². The van der Waals surface area contributed by atoms with Crippen LogP contribution in [0.1, 0.15) is 22.8 Å². The van der Waals surface area contributed by atoms with Gasteiger partial charge in [0.05, 0.1) is 10.5 Å². The van der Waals surface area contributed by atoms with Crippen molar-refractivity contribution in [3.05, 3.63) is 53.7 Å². The van der Waals surface area contributed by atoms with Crippen LogP contribution in [-0.2, 0) is 10.0 Å². The van der Waals surface area contributed by atoms with Crippen LogP contribution in [0.5, 0.6) is 0 Å². The van der Waals surface area contributed by atoms with Crippen LogP contribution in [0.15, 0.2) is 47.5 Å². The molecule has 0 radical (unpaired) electrons. The number of hydrogen-bond donors (Lipinski definition) is 1. The molecule has 0 saturated heterocycles. The minimum Gasteiger partial charge on any atom is -0.295 e. The first kappa shape index (κ1) is 14.7. The molecule has 0 atom stereocenters. The molecule has 0 unspecified atom stereocenters. The van der Waals surface area contributed by atoms with Crippen LogP contribution in [0.4, 0.5) is 5.82 Å². The zero-order valence-electron chi connectivity index (χ0n) is 11.1. The molecule has 0 bridgehead atoms. The second-order valence-corrected chi connectivity index (χ2v) is 5.92. The highest BCUT2D eigenvalue weighted by atomic mass is 32.2. The van der Waals surface area contributed by atoms with Gasteiger partial charge >= 0.3 is 0 Å². The number of anilines is 1. The normalized spacial score (nSPS) is 10.7. The van der Waals surface area contributed by atoms with E-state index < -0.39 is 10.0 Å². The Hall–Kier alpha value is -2.72. The van der Waals surface area contributed by atoms with Crippen molar-refractivity contribution in [1.82, 2.24) is 4.98 Å². The van der Waals surface area contributed by atoms with E-state index >= 15 is 0 Å². The van der Waals surface area contributed by atoms with Gasteiger partial charge in [0.2, 0.25) is 0 Å². The monoisotopic (exact) mass is 301 g/mol. The van der Waals surface area contributed by atoms with E-state index in [0.29, 0.717) is 11.1 Å². The molecule has 0 fully saturated rings. The largest absolute Gasteiger partial charge is 0.295 e. The molecule has 2 rings (SSSR count). The predicted octanol–water partition coefficient (Wildman–Crippen LogP) is 1.96. The van der Waals surface area contributed by atoms with E-state index in [0.717, 1.165) is 0 Å². The Morgan fingerprint density at radius 3 is 2.62 bits per heavy atom. The predicted molar refractivity (Wildman–Crippen MR) is 76.2 cm³/mol. The van der Waals surface area contributed by atoms with Gasteiger partial charge in [-0.15, -0.1) is 0 Å². The summed E-state index contributed by atoms with van der Waals surface area (Å²) in [5.41, 5.74) is 0.641. The molecule has 2 aromatic rings. The van der Waals surface area contributed by atoms with Crippen LogP contribution >= 0.6 is 0 Å². The lowest BCUT2D eigenvalue weighted by molar-refractivity contribution is 0.101. The molecule has 0 aliphatic heterocycles. The van der Waals surface area contributed by atoms with E-state index in [1.165, 1.54) is 43.5 Å². The molecule has 21 heavy (non-hydrogen) atoms. The van der Waals surface area contributed by atoms with Crippen molar-refractivity contribution in [2.45, 2.75) is 11.8 Å². The molecule has 0 amide bonds. The number of rotatable bonds is 4. The molecule has 7 heteroatoms. The molecule has 1 aromatic heterocycles. The number of aromatic nitrogens is 1. The first-order valence-corrected chi connectivity index (χ1v) is 7.41. The van der Waals surface area contributed by atoms with Gasteiger partial charge in [0.1, 0.15) is 11.9 Å². The lowest BCUT2D eigenvalue weighted by atomic mass is 10.2. The fourth-order valence-corrected chi connectivity index (χ4v) is 2.65. The molecular formula is C14H11N3O3S. The summed E-state index contributed by atoms with van der Waals surface area (Å²) < 4.78 is 26.7. The van der Waals surface area contributed by atoms with Gasteiger partial charge in [-0.3, -0.25) is 9.52 Å². The number of nitriles is 1. The van der Waals surface area contributed by atoms with Gasteiger partial charge in [0.15, 0.2) is 5.78 Å². The standard InChI is InChI=1S/C14H11N3O3S/c1-10(18)12-3-2-4-13(7-12)21(19,20)17-14-6-5-11(8-15)9-16-14/h2-7,9H,1H3,(H,16,17). The summed E-state index contributed by atoms with van der Waals surface area (Å²) >= 11 is 0. The van der Waals surface area contributed by atoms with Gasteiger partial charge in [0, 0.05) is 11.8 Å². The Balaban J connectivity index is 2.31. The quantitative estimate of drug-likeness (QED) is 0.870. The molecule has 1 N–H and O–H groups in total. The third kappa shape index (κ3) is 3.43. The molecule has 1 aromatic carbocycles. The van der Waals surface area contributed by atoms with Gasteiger partial charge in [-0.05, 0) is 31.2 Å². The first-order valence-electron chi connectivity index (χ1n) is 5.92. The fraction of sp³-hybridized carbons (Fsp3) is 0.0714. The highest BCUT2D eigenvalue weighted by Gasteiger charge is 2.16. The number of sulfonamides is 1. The van der Waals surface area contributed by atoms with Gasteiger partial charge < -0.3 is 0 Å². The maximum absolute atomic E-state index is 12.2. The molecule has 6 nitrogen and oxygen atoms in total. The molecule has 1 heterocycles. The van der Waals surface area contributed by atoms with E-state index in [-0.39, 0.29) is 16.5 Å². The number of nitrogens with zero attached hydrogens (tertiary/aromatic N) is 2. The first-order chi connectivity index (χ1) is 9.92. The van der Waals surface area contributed by atoms with Crippen molar-refractivity contribution in [3.8, 4) is 6.07 Å². The maximum Gasteiger partial charge on any atom is 0.263 e. The van der Waals surface area contributed by atoms with E-state index in [1.54, 1.807) is 6.07 Å². The number of pyridine rings is 1. The van der Waals surface area contributed by atoms with E-state index in [9.17, 15) is 13.2 Å². The summed E-state index contributed by atoms with van der Waals surface area (Å²) in [6.45, 7) is 1.36. The van der Waals surface area contributed by atoms with Crippen molar-refractivity contribution in [3.63, 3.8) is 0 Å². The summed E-state index contributed by atoms with van der Waals surface area (Å²) in [7, 11) is -3.84. The van der Waals surface area contributed by atoms with Crippen molar-refractivity contribution < 1.29 is 13.2 Å². The number of ketones is 1. The lowest BCUT2D eigenvalue weighted by Gasteiger charge is -2.08. The Kier molecular flexibility index (Phi) is 4.00. The third-order valence-electron chi connectivity index (χ3n) is 2.68. The number of hydrogen-bond acceptors (Lipinski definition) is 5. The topological polar surface area (TPSA) is 99.9 Å². The molecule has 0 spiro atoms. The van der Waals surface area contributed by atoms with Crippen molar-refractivity contribution in [2.24, 2.45) is 0 Å². The number of carbonyl (C=O) groups excluding carboxylic acids is 1. The smallest absolute Gasteiger partial charge is 0.263 e. The van der Waals surface area contributed by atoms with Crippen LogP contribution in [0.2, 0.25) is 0 Å².